The van der Waals surface area contributed by atoms with Crippen molar-refractivity contribution in [3.63, 3.8) is 0 Å². The molecular weight excluding hydrogens is 376 g/mol. The van der Waals surface area contributed by atoms with Gasteiger partial charge in [-0.05, 0) is 40.8 Å². The Bertz CT molecular complexity index is 1210. The summed E-state index contributed by atoms with van der Waals surface area (Å²) in [5.74, 6) is 0. The van der Waals surface area contributed by atoms with Crippen LogP contribution in [-0.4, -0.2) is 0 Å². The van der Waals surface area contributed by atoms with Crippen molar-refractivity contribution in [3.05, 3.63) is 83.3 Å². The highest BCUT2D eigenvalue weighted by Crippen LogP contribution is 2.39. The molecule has 0 aliphatic rings. The molecule has 2 heteroatoms. The molecule has 0 saturated carbocycles. The predicted octanol–water partition coefficient (Wildman–Crippen LogP) is 7.64. The molecule has 0 nitrogen and oxygen atoms in total. The van der Waals surface area contributed by atoms with E-state index in [4.69, 9.17) is 0 Å². The van der Waals surface area contributed by atoms with Crippen LogP contribution in [0.15, 0.2) is 83.3 Å². The molecule has 0 aliphatic carbocycles. The van der Waals surface area contributed by atoms with Gasteiger partial charge in [-0.3, -0.25) is 0 Å². The summed E-state index contributed by atoms with van der Waals surface area (Å²) in [5.41, 5.74) is 2.54. The predicted molar refractivity (Wildman–Crippen MR) is 110 cm³/mol. The lowest BCUT2D eigenvalue weighted by Gasteiger charge is -2.09. The first-order valence-corrected chi connectivity index (χ1v) is 9.51. The zero-order chi connectivity index (χ0) is 16.1. The molecule has 24 heavy (non-hydrogen) atoms. The van der Waals surface area contributed by atoms with Crippen molar-refractivity contribution in [2.24, 2.45) is 0 Å². The van der Waals surface area contributed by atoms with Gasteiger partial charge in [0.25, 0.3) is 0 Å². The number of benzene rings is 4. The molecular formula is C22H13BrS. The molecule has 0 spiro atoms. The fraction of sp³-hybridized carbons (Fsp3) is 0. The van der Waals surface area contributed by atoms with Crippen LogP contribution in [-0.2, 0) is 0 Å². The zero-order valence-corrected chi connectivity index (χ0v) is 15.2. The van der Waals surface area contributed by atoms with Gasteiger partial charge in [-0.15, -0.1) is 11.3 Å². The Morgan fingerprint density at radius 2 is 1.46 bits per heavy atom. The number of fused-ring (bicyclic) bond motifs is 4. The second-order valence-corrected chi connectivity index (χ2v) is 7.89. The molecule has 1 heterocycles. The number of hydrogen-bond donors (Lipinski definition) is 0. The van der Waals surface area contributed by atoms with Gasteiger partial charge in [0.2, 0.25) is 0 Å². The largest absolute Gasteiger partial charge is 0.135 e. The summed E-state index contributed by atoms with van der Waals surface area (Å²) < 4.78 is 3.84. The first kappa shape index (κ1) is 14.2. The van der Waals surface area contributed by atoms with Gasteiger partial charge >= 0.3 is 0 Å². The molecule has 5 aromatic rings. The Morgan fingerprint density at radius 1 is 0.667 bits per heavy atom. The quantitative estimate of drug-likeness (QED) is 0.276. The maximum atomic E-state index is 3.73. The van der Waals surface area contributed by atoms with Crippen LogP contribution >= 0.6 is 27.3 Å². The molecule has 0 fully saturated rings. The molecule has 4 aromatic carbocycles. The number of hydrogen-bond acceptors (Lipinski definition) is 1. The lowest BCUT2D eigenvalue weighted by atomic mass is 9.97. The van der Waals surface area contributed by atoms with Crippen molar-refractivity contribution in [2.75, 3.05) is 0 Å². The van der Waals surface area contributed by atoms with Crippen LogP contribution in [0.25, 0.3) is 42.1 Å². The minimum absolute atomic E-state index is 1.14. The molecule has 0 unspecified atom stereocenters. The maximum absolute atomic E-state index is 3.73. The summed E-state index contributed by atoms with van der Waals surface area (Å²) >= 11 is 5.59. The Kier molecular flexibility index (Phi) is 3.22. The summed E-state index contributed by atoms with van der Waals surface area (Å²) in [5, 5.41) is 5.23. The lowest BCUT2D eigenvalue weighted by molar-refractivity contribution is 1.67. The van der Waals surface area contributed by atoms with E-state index in [9.17, 15) is 0 Å². The zero-order valence-electron chi connectivity index (χ0n) is 12.8. The molecule has 0 bridgehead atoms. The summed E-state index contributed by atoms with van der Waals surface area (Å²) in [6, 6.07) is 28.4. The Labute approximate surface area is 152 Å². The number of halogens is 1. The maximum Gasteiger partial charge on any atom is 0.0355 e. The summed E-state index contributed by atoms with van der Waals surface area (Å²) in [6.07, 6.45) is 0. The Hall–Kier alpha value is -2.16. The third-order valence-electron chi connectivity index (χ3n) is 4.54. The average molecular weight is 389 g/mol. The van der Waals surface area contributed by atoms with E-state index < -0.39 is 0 Å². The topological polar surface area (TPSA) is 0 Å². The van der Waals surface area contributed by atoms with Crippen LogP contribution in [0.5, 0.6) is 0 Å². The first-order chi connectivity index (χ1) is 11.8. The van der Waals surface area contributed by atoms with E-state index in [-0.39, 0.29) is 0 Å². The van der Waals surface area contributed by atoms with Crippen LogP contribution < -0.4 is 0 Å². The van der Waals surface area contributed by atoms with E-state index in [0.717, 1.165) is 4.47 Å². The fourth-order valence-corrected chi connectivity index (χ4v) is 5.11. The molecule has 0 N–H and O–H groups in total. The van der Waals surface area contributed by atoms with Crippen LogP contribution in [0.2, 0.25) is 0 Å². The molecule has 0 amide bonds. The van der Waals surface area contributed by atoms with Crippen LogP contribution in [0, 0.1) is 0 Å². The van der Waals surface area contributed by atoms with E-state index in [1.54, 1.807) is 0 Å². The first-order valence-electron chi connectivity index (χ1n) is 7.90. The minimum atomic E-state index is 1.14. The minimum Gasteiger partial charge on any atom is -0.135 e. The molecule has 0 radical (unpaired) electrons. The Balaban J connectivity index is 1.85. The molecule has 114 valence electrons. The van der Waals surface area contributed by atoms with Gasteiger partial charge < -0.3 is 0 Å². The molecule has 0 aliphatic heterocycles. The molecule has 5 rings (SSSR count). The SMILES string of the molecule is Brc1cccc2cccc(-c3ccc4sc5ccccc5c4c3)c12. The van der Waals surface area contributed by atoms with Crippen molar-refractivity contribution in [1.82, 2.24) is 0 Å². The van der Waals surface area contributed by atoms with Crippen LogP contribution in [0.3, 0.4) is 0 Å². The highest BCUT2D eigenvalue weighted by atomic mass is 79.9. The third kappa shape index (κ3) is 2.10. The van der Waals surface area contributed by atoms with Gasteiger partial charge in [0, 0.05) is 30.0 Å². The fourth-order valence-electron chi connectivity index (χ4n) is 3.43. The van der Waals surface area contributed by atoms with Crippen molar-refractivity contribution in [2.45, 2.75) is 0 Å². The highest BCUT2D eigenvalue weighted by molar-refractivity contribution is 9.10. The van der Waals surface area contributed by atoms with E-state index in [2.05, 4.69) is 94.8 Å². The van der Waals surface area contributed by atoms with Gasteiger partial charge in [0.05, 0.1) is 0 Å². The van der Waals surface area contributed by atoms with Crippen molar-refractivity contribution < 1.29 is 0 Å². The molecule has 1 aromatic heterocycles. The monoisotopic (exact) mass is 388 g/mol. The summed E-state index contributed by atoms with van der Waals surface area (Å²) in [4.78, 5) is 0. The standard InChI is InChI=1S/C22H13BrS/c23-19-9-4-6-14-5-3-8-16(22(14)19)15-11-12-21-18(13-15)17-7-1-2-10-20(17)24-21/h1-13H. The van der Waals surface area contributed by atoms with Crippen LogP contribution in [0.1, 0.15) is 0 Å². The van der Waals surface area contributed by atoms with E-state index >= 15 is 0 Å². The summed E-state index contributed by atoms with van der Waals surface area (Å²) in [7, 11) is 0. The van der Waals surface area contributed by atoms with Crippen molar-refractivity contribution in [3.8, 4) is 11.1 Å². The van der Waals surface area contributed by atoms with Crippen molar-refractivity contribution >= 4 is 58.2 Å². The second kappa shape index (κ2) is 5.44. The molecule has 0 atom stereocenters. The normalized spacial score (nSPS) is 11.5. The van der Waals surface area contributed by atoms with E-state index in [0.29, 0.717) is 0 Å². The summed E-state index contributed by atoms with van der Waals surface area (Å²) in [6.45, 7) is 0. The average Bonchev–Trinajstić information content (AvgIpc) is 2.99. The van der Waals surface area contributed by atoms with Gasteiger partial charge in [0.1, 0.15) is 0 Å². The number of rotatable bonds is 1. The third-order valence-corrected chi connectivity index (χ3v) is 6.35. The van der Waals surface area contributed by atoms with E-state index in [1.165, 1.54) is 42.1 Å². The smallest absolute Gasteiger partial charge is 0.0355 e. The second-order valence-electron chi connectivity index (χ2n) is 5.95. The van der Waals surface area contributed by atoms with Gasteiger partial charge in [-0.1, -0.05) is 70.5 Å². The highest BCUT2D eigenvalue weighted by Gasteiger charge is 2.10. The number of thiophene rings is 1. The van der Waals surface area contributed by atoms with Gasteiger partial charge in [-0.25, -0.2) is 0 Å². The van der Waals surface area contributed by atoms with Crippen molar-refractivity contribution in [1.29, 1.82) is 0 Å². The molecule has 0 saturated heterocycles. The lowest BCUT2D eigenvalue weighted by Crippen LogP contribution is -1.82. The van der Waals surface area contributed by atoms with E-state index in [1.807, 2.05) is 11.3 Å². The van der Waals surface area contributed by atoms with Crippen LogP contribution in [0.4, 0.5) is 0 Å². The van der Waals surface area contributed by atoms with Gasteiger partial charge in [-0.2, -0.15) is 0 Å². The van der Waals surface area contributed by atoms with Gasteiger partial charge in [0.15, 0.2) is 0 Å². The Morgan fingerprint density at radius 3 is 2.38 bits per heavy atom.